The van der Waals surface area contributed by atoms with Crippen molar-refractivity contribution in [2.24, 2.45) is 4.99 Å². The number of fused-ring (bicyclic) bond motifs is 2. The second-order valence-electron chi connectivity index (χ2n) is 9.93. The summed E-state index contributed by atoms with van der Waals surface area (Å²) in [5.74, 6) is 0.226. The van der Waals surface area contributed by atoms with Crippen molar-refractivity contribution < 1.29 is 14.3 Å². The summed E-state index contributed by atoms with van der Waals surface area (Å²) >= 11 is 5.88. The minimum Gasteiger partial charge on any atom is -0.487 e. The Hall–Kier alpha value is -3.29. The standard InChI is InChI=1S/C34H26I2N2O4S/c1-3-27-29(33(40)41-2)30(21-11-5-4-6-12-21)38-32(39)28(43-34(38)37-27)17-23-16-24(35)18-26(36)31(23)42-19-22-14-9-13-20-10-7-8-15-25(20)22/h4-18,30H,3,19H2,1-2H3/b28-17+/t30-/m0/s1. The molecule has 0 aliphatic carbocycles. The number of methoxy groups -OCH3 is 1. The molecule has 1 aliphatic rings. The topological polar surface area (TPSA) is 69.9 Å². The highest BCUT2D eigenvalue weighted by molar-refractivity contribution is 14.1. The second-order valence-corrected chi connectivity index (χ2v) is 13.3. The Morgan fingerprint density at radius 3 is 2.53 bits per heavy atom. The number of thiazole rings is 1. The third-order valence-electron chi connectivity index (χ3n) is 7.34. The smallest absolute Gasteiger partial charge is 0.338 e. The maximum absolute atomic E-state index is 14.1. The molecule has 2 heterocycles. The first-order valence-electron chi connectivity index (χ1n) is 13.7. The lowest BCUT2D eigenvalue weighted by molar-refractivity contribution is -0.136. The van der Waals surface area contributed by atoms with Crippen molar-refractivity contribution in [3.05, 3.63) is 140 Å². The number of ether oxygens (including phenoxy) is 2. The number of carbonyl (C=O) groups is 1. The number of esters is 1. The summed E-state index contributed by atoms with van der Waals surface area (Å²) in [6.07, 6.45) is 2.40. The second kappa shape index (κ2) is 12.7. The highest BCUT2D eigenvalue weighted by Crippen LogP contribution is 2.33. The van der Waals surface area contributed by atoms with E-state index < -0.39 is 12.0 Å². The first-order valence-corrected chi connectivity index (χ1v) is 16.6. The Labute approximate surface area is 279 Å². The number of benzene rings is 4. The number of rotatable bonds is 7. The number of aromatic nitrogens is 1. The van der Waals surface area contributed by atoms with Gasteiger partial charge in [0.1, 0.15) is 12.4 Å². The zero-order valence-corrected chi connectivity index (χ0v) is 28.5. The highest BCUT2D eigenvalue weighted by atomic mass is 127. The fourth-order valence-corrected chi connectivity index (χ4v) is 8.42. The van der Waals surface area contributed by atoms with Gasteiger partial charge in [0.15, 0.2) is 4.80 Å². The number of hydrogen-bond donors (Lipinski definition) is 0. The number of allylic oxidation sites excluding steroid dienone is 1. The highest BCUT2D eigenvalue weighted by Gasteiger charge is 2.33. The van der Waals surface area contributed by atoms with Crippen LogP contribution in [0.5, 0.6) is 5.75 Å². The van der Waals surface area contributed by atoms with E-state index in [-0.39, 0.29) is 5.56 Å². The van der Waals surface area contributed by atoms with Gasteiger partial charge in [-0.05, 0) is 91.7 Å². The Morgan fingerprint density at radius 1 is 1.02 bits per heavy atom. The molecule has 0 radical (unpaired) electrons. The van der Waals surface area contributed by atoms with E-state index in [1.165, 1.54) is 18.4 Å². The van der Waals surface area contributed by atoms with Crippen molar-refractivity contribution >= 4 is 79.3 Å². The van der Waals surface area contributed by atoms with Gasteiger partial charge in [0.05, 0.1) is 32.5 Å². The molecule has 216 valence electrons. The van der Waals surface area contributed by atoms with Crippen molar-refractivity contribution in [1.29, 1.82) is 0 Å². The van der Waals surface area contributed by atoms with Gasteiger partial charge in [-0.25, -0.2) is 9.79 Å². The summed E-state index contributed by atoms with van der Waals surface area (Å²) in [4.78, 5) is 32.5. The minimum atomic E-state index is -0.639. The largest absolute Gasteiger partial charge is 0.487 e. The maximum atomic E-state index is 14.1. The van der Waals surface area contributed by atoms with Crippen LogP contribution in [0.1, 0.15) is 36.1 Å². The van der Waals surface area contributed by atoms with Crippen molar-refractivity contribution in [1.82, 2.24) is 4.57 Å². The van der Waals surface area contributed by atoms with Crippen LogP contribution in [0.4, 0.5) is 0 Å². The van der Waals surface area contributed by atoms with E-state index in [0.717, 1.165) is 34.6 Å². The molecule has 0 spiro atoms. The van der Waals surface area contributed by atoms with Crippen LogP contribution in [0.2, 0.25) is 0 Å². The van der Waals surface area contributed by atoms with Gasteiger partial charge in [0, 0.05) is 9.13 Å². The molecule has 0 bridgehead atoms. The Kier molecular flexibility index (Phi) is 8.83. The lowest BCUT2D eigenvalue weighted by Gasteiger charge is -2.25. The molecule has 6 nitrogen and oxygen atoms in total. The molecule has 0 saturated heterocycles. The van der Waals surface area contributed by atoms with E-state index in [1.54, 1.807) is 4.57 Å². The van der Waals surface area contributed by atoms with Gasteiger partial charge in [-0.3, -0.25) is 9.36 Å². The predicted octanol–water partition coefficient (Wildman–Crippen LogP) is 6.74. The summed E-state index contributed by atoms with van der Waals surface area (Å²) in [5.41, 5.74) is 3.50. The lowest BCUT2D eigenvalue weighted by atomic mass is 9.95. The molecule has 1 atom stereocenters. The Bertz CT molecular complexity index is 2080. The first-order chi connectivity index (χ1) is 20.9. The van der Waals surface area contributed by atoms with Crippen molar-refractivity contribution in [3.8, 4) is 5.75 Å². The Morgan fingerprint density at radius 2 is 1.77 bits per heavy atom. The number of nitrogens with zero attached hydrogens (tertiary/aromatic N) is 2. The van der Waals surface area contributed by atoms with Gasteiger partial charge >= 0.3 is 5.97 Å². The summed E-state index contributed by atoms with van der Waals surface area (Å²) in [6.45, 7) is 2.34. The summed E-state index contributed by atoms with van der Waals surface area (Å²) in [7, 11) is 1.36. The molecule has 0 N–H and O–H groups in total. The van der Waals surface area contributed by atoms with E-state index in [4.69, 9.17) is 14.5 Å². The minimum absolute atomic E-state index is 0.219. The third kappa shape index (κ3) is 5.82. The van der Waals surface area contributed by atoms with Crippen LogP contribution in [0.15, 0.2) is 106 Å². The fraction of sp³-hybridized carbons (Fsp3) is 0.147. The fourth-order valence-electron chi connectivity index (χ4n) is 5.36. The Balaban J connectivity index is 1.48. The van der Waals surface area contributed by atoms with Crippen LogP contribution < -0.4 is 19.6 Å². The van der Waals surface area contributed by atoms with Crippen LogP contribution in [0.25, 0.3) is 16.8 Å². The SMILES string of the molecule is CCC1=C(C(=O)OC)[C@H](c2ccccc2)n2c(s/c(=C/c3cc(I)cc(I)c3OCc3cccc4ccccc34)c2=O)=N1. The monoisotopic (exact) mass is 812 g/mol. The van der Waals surface area contributed by atoms with Gasteiger partial charge in [-0.2, -0.15) is 0 Å². The predicted molar refractivity (Wildman–Crippen MR) is 187 cm³/mol. The molecule has 0 fully saturated rings. The molecule has 1 aliphatic heterocycles. The molecule has 6 rings (SSSR count). The molecule has 0 saturated carbocycles. The first kappa shape index (κ1) is 29.8. The number of halogens is 2. The molecule has 5 aromatic rings. The average Bonchev–Trinajstić information content (AvgIpc) is 3.33. The van der Waals surface area contributed by atoms with E-state index >= 15 is 0 Å². The van der Waals surface area contributed by atoms with Gasteiger partial charge in [0.25, 0.3) is 5.56 Å². The van der Waals surface area contributed by atoms with E-state index in [2.05, 4.69) is 75.5 Å². The molecule has 43 heavy (non-hydrogen) atoms. The van der Waals surface area contributed by atoms with Crippen molar-refractivity contribution in [3.63, 3.8) is 0 Å². The van der Waals surface area contributed by atoms with Gasteiger partial charge in [-0.15, -0.1) is 0 Å². The molecular weight excluding hydrogens is 786 g/mol. The zero-order valence-electron chi connectivity index (χ0n) is 23.3. The van der Waals surface area contributed by atoms with Crippen LogP contribution >= 0.6 is 56.5 Å². The maximum Gasteiger partial charge on any atom is 0.338 e. The third-order valence-corrected chi connectivity index (χ3v) is 9.75. The summed E-state index contributed by atoms with van der Waals surface area (Å²) in [5, 5.41) is 2.31. The molecule has 4 aromatic carbocycles. The molecule has 1 aromatic heterocycles. The van der Waals surface area contributed by atoms with Crippen LogP contribution in [-0.4, -0.2) is 17.6 Å². The van der Waals surface area contributed by atoms with E-state index in [0.29, 0.717) is 39.4 Å². The van der Waals surface area contributed by atoms with Gasteiger partial charge in [0.2, 0.25) is 0 Å². The average molecular weight is 812 g/mol. The summed E-state index contributed by atoms with van der Waals surface area (Å²) < 4.78 is 15.8. The molecule has 0 amide bonds. The number of hydrogen-bond acceptors (Lipinski definition) is 6. The van der Waals surface area contributed by atoms with Gasteiger partial charge < -0.3 is 9.47 Å². The molecule has 0 unspecified atom stereocenters. The van der Waals surface area contributed by atoms with E-state index in [1.807, 2.05) is 67.6 Å². The molecular formula is C34H26I2N2O4S. The van der Waals surface area contributed by atoms with Crippen LogP contribution in [0, 0.1) is 7.14 Å². The van der Waals surface area contributed by atoms with E-state index in [9.17, 15) is 9.59 Å². The van der Waals surface area contributed by atoms with Crippen LogP contribution in [0.3, 0.4) is 0 Å². The quantitative estimate of drug-likeness (QED) is 0.135. The van der Waals surface area contributed by atoms with Gasteiger partial charge in [-0.1, -0.05) is 91.1 Å². The van der Waals surface area contributed by atoms with Crippen molar-refractivity contribution in [2.75, 3.05) is 7.11 Å². The molecule has 9 heteroatoms. The normalized spacial score (nSPS) is 14.9. The summed E-state index contributed by atoms with van der Waals surface area (Å²) in [6, 6.07) is 27.5. The van der Waals surface area contributed by atoms with Crippen molar-refractivity contribution in [2.45, 2.75) is 26.0 Å². The zero-order chi connectivity index (χ0) is 30.1. The lowest BCUT2D eigenvalue weighted by Crippen LogP contribution is -2.40. The number of carbonyl (C=O) groups excluding carboxylic acids is 1. The van der Waals surface area contributed by atoms with Crippen LogP contribution in [-0.2, 0) is 16.1 Å².